The van der Waals surface area contributed by atoms with E-state index in [1.807, 2.05) is 0 Å². The standard InChI is InChI=1S/C13H21F3N2O3/c1-12(2,6-5-10(19)20)17-11(21)18-7-3-4-9(8-18)13(14,15)16/h9H,3-8H2,1-2H3,(H,17,21)(H,19,20). The molecule has 1 saturated heterocycles. The number of hydrogen-bond acceptors (Lipinski definition) is 2. The zero-order valence-corrected chi connectivity index (χ0v) is 12.2. The summed E-state index contributed by atoms with van der Waals surface area (Å²) in [7, 11) is 0. The van der Waals surface area contributed by atoms with Crippen molar-refractivity contribution in [1.29, 1.82) is 0 Å². The monoisotopic (exact) mass is 310 g/mol. The predicted molar refractivity (Wildman–Crippen MR) is 69.8 cm³/mol. The van der Waals surface area contributed by atoms with Crippen LogP contribution in [0.1, 0.15) is 39.5 Å². The largest absolute Gasteiger partial charge is 0.481 e. The first-order valence-electron chi connectivity index (χ1n) is 6.87. The number of carbonyl (C=O) groups excluding carboxylic acids is 1. The van der Waals surface area contributed by atoms with Crippen LogP contribution >= 0.6 is 0 Å². The number of piperidine rings is 1. The molecule has 1 aliphatic heterocycles. The van der Waals surface area contributed by atoms with E-state index >= 15 is 0 Å². The van der Waals surface area contributed by atoms with E-state index in [0.29, 0.717) is 6.42 Å². The Morgan fingerprint density at radius 3 is 2.48 bits per heavy atom. The highest BCUT2D eigenvalue weighted by molar-refractivity contribution is 5.75. The lowest BCUT2D eigenvalue weighted by Gasteiger charge is -2.36. The van der Waals surface area contributed by atoms with Crippen molar-refractivity contribution in [3.63, 3.8) is 0 Å². The van der Waals surface area contributed by atoms with Crippen LogP contribution in [-0.4, -0.2) is 46.8 Å². The number of alkyl halides is 3. The van der Waals surface area contributed by atoms with Gasteiger partial charge in [-0.3, -0.25) is 4.79 Å². The van der Waals surface area contributed by atoms with Gasteiger partial charge in [0.2, 0.25) is 0 Å². The van der Waals surface area contributed by atoms with E-state index in [9.17, 15) is 22.8 Å². The zero-order chi connectivity index (χ0) is 16.3. The van der Waals surface area contributed by atoms with Crippen molar-refractivity contribution in [3.05, 3.63) is 0 Å². The van der Waals surface area contributed by atoms with Crippen LogP contribution in [0.2, 0.25) is 0 Å². The van der Waals surface area contributed by atoms with Gasteiger partial charge in [0.05, 0.1) is 5.92 Å². The molecule has 1 heterocycles. The van der Waals surface area contributed by atoms with E-state index in [-0.39, 0.29) is 32.4 Å². The van der Waals surface area contributed by atoms with E-state index in [4.69, 9.17) is 5.11 Å². The number of halogens is 3. The molecule has 0 aromatic rings. The van der Waals surface area contributed by atoms with Gasteiger partial charge in [0.25, 0.3) is 0 Å². The summed E-state index contributed by atoms with van der Waals surface area (Å²) in [4.78, 5) is 23.7. The topological polar surface area (TPSA) is 69.6 Å². The molecule has 2 N–H and O–H groups in total. The normalized spacial score (nSPS) is 20.2. The van der Waals surface area contributed by atoms with Gasteiger partial charge in [0.15, 0.2) is 0 Å². The summed E-state index contributed by atoms with van der Waals surface area (Å²) in [5.41, 5.74) is -0.777. The quantitative estimate of drug-likeness (QED) is 0.838. The molecule has 5 nitrogen and oxygen atoms in total. The number of amides is 2. The molecule has 8 heteroatoms. The molecule has 0 bridgehead atoms. The average molecular weight is 310 g/mol. The minimum absolute atomic E-state index is 0.0374. The molecule has 0 aromatic heterocycles. The first-order chi connectivity index (χ1) is 9.51. The number of rotatable bonds is 4. The minimum atomic E-state index is -4.29. The highest BCUT2D eigenvalue weighted by atomic mass is 19.4. The van der Waals surface area contributed by atoms with Crippen molar-refractivity contribution in [2.24, 2.45) is 5.92 Å². The summed E-state index contributed by atoms with van der Waals surface area (Å²) in [6, 6.07) is -0.570. The molecule has 0 aliphatic carbocycles. The first kappa shape index (κ1) is 17.6. The maximum Gasteiger partial charge on any atom is 0.393 e. The van der Waals surface area contributed by atoms with Crippen LogP contribution in [0.15, 0.2) is 0 Å². The van der Waals surface area contributed by atoms with Crippen molar-refractivity contribution in [1.82, 2.24) is 10.2 Å². The Balaban J connectivity index is 2.56. The van der Waals surface area contributed by atoms with Crippen molar-refractivity contribution >= 4 is 12.0 Å². The molecule has 1 rings (SSSR count). The van der Waals surface area contributed by atoms with Crippen LogP contribution in [0.5, 0.6) is 0 Å². The first-order valence-corrected chi connectivity index (χ1v) is 6.87. The summed E-state index contributed by atoms with van der Waals surface area (Å²) in [5.74, 6) is -2.47. The molecular weight excluding hydrogens is 289 g/mol. The number of carboxylic acid groups (broad SMARTS) is 1. The third-order valence-electron chi connectivity index (χ3n) is 3.58. The predicted octanol–water partition coefficient (Wildman–Crippen LogP) is 2.61. The number of hydrogen-bond donors (Lipinski definition) is 2. The molecule has 1 atom stereocenters. The van der Waals surface area contributed by atoms with Gasteiger partial charge in [-0.25, -0.2) is 4.79 Å². The second-order valence-corrected chi connectivity index (χ2v) is 6.03. The summed E-state index contributed by atoms with van der Waals surface area (Å²) in [6.45, 7) is 3.25. The molecule has 122 valence electrons. The smallest absolute Gasteiger partial charge is 0.393 e. The number of nitrogens with zero attached hydrogens (tertiary/aromatic N) is 1. The Kier molecular flexibility index (Phi) is 5.47. The summed E-state index contributed by atoms with van der Waals surface area (Å²) in [5, 5.41) is 11.2. The number of carbonyl (C=O) groups is 2. The fourth-order valence-electron chi connectivity index (χ4n) is 2.28. The lowest BCUT2D eigenvalue weighted by atomic mass is 9.97. The maximum atomic E-state index is 12.7. The van der Waals surface area contributed by atoms with Crippen LogP contribution in [0.4, 0.5) is 18.0 Å². The van der Waals surface area contributed by atoms with E-state index in [2.05, 4.69) is 5.32 Å². The molecule has 0 radical (unpaired) electrons. The van der Waals surface area contributed by atoms with Gasteiger partial charge in [-0.1, -0.05) is 0 Å². The third-order valence-corrected chi connectivity index (χ3v) is 3.58. The van der Waals surface area contributed by atoms with Gasteiger partial charge >= 0.3 is 18.2 Å². The molecule has 21 heavy (non-hydrogen) atoms. The summed E-state index contributed by atoms with van der Waals surface area (Å²) < 4.78 is 38.1. The Bertz CT molecular complexity index is 397. The Morgan fingerprint density at radius 2 is 1.95 bits per heavy atom. The average Bonchev–Trinajstić information content (AvgIpc) is 2.35. The second-order valence-electron chi connectivity index (χ2n) is 6.03. The van der Waals surface area contributed by atoms with E-state index in [1.54, 1.807) is 13.8 Å². The van der Waals surface area contributed by atoms with Crippen molar-refractivity contribution < 1.29 is 27.9 Å². The summed E-state index contributed by atoms with van der Waals surface area (Å²) >= 11 is 0. The third kappa shape index (κ3) is 5.81. The van der Waals surface area contributed by atoms with Crippen molar-refractivity contribution in [3.8, 4) is 0 Å². The SMILES string of the molecule is CC(C)(CCC(=O)O)NC(=O)N1CCCC(C(F)(F)F)C1. The molecule has 1 unspecified atom stereocenters. The number of nitrogens with one attached hydrogen (secondary N) is 1. The van der Waals surface area contributed by atoms with Gasteiger partial charge in [-0.05, 0) is 33.1 Å². The molecule has 0 aromatic carbocycles. The van der Waals surface area contributed by atoms with Gasteiger partial charge in [-0.15, -0.1) is 0 Å². The lowest BCUT2D eigenvalue weighted by Crippen LogP contribution is -2.54. The zero-order valence-electron chi connectivity index (χ0n) is 12.2. The van der Waals surface area contributed by atoms with Gasteiger partial charge in [0, 0.05) is 25.0 Å². The van der Waals surface area contributed by atoms with E-state index in [1.165, 1.54) is 0 Å². The Labute approximate surface area is 121 Å². The molecule has 1 fully saturated rings. The highest BCUT2D eigenvalue weighted by Crippen LogP contribution is 2.33. The van der Waals surface area contributed by atoms with Crippen LogP contribution in [0.25, 0.3) is 0 Å². The Hall–Kier alpha value is -1.47. The maximum absolute atomic E-state index is 12.7. The van der Waals surface area contributed by atoms with Crippen LogP contribution in [0.3, 0.4) is 0 Å². The van der Waals surface area contributed by atoms with Crippen LogP contribution in [0, 0.1) is 5.92 Å². The van der Waals surface area contributed by atoms with Gasteiger partial charge in [-0.2, -0.15) is 13.2 Å². The molecule has 1 aliphatic rings. The number of urea groups is 1. The van der Waals surface area contributed by atoms with Crippen molar-refractivity contribution in [2.45, 2.75) is 51.2 Å². The number of carboxylic acids is 1. The fourth-order valence-corrected chi connectivity index (χ4v) is 2.28. The lowest BCUT2D eigenvalue weighted by molar-refractivity contribution is -0.184. The fraction of sp³-hybridized carbons (Fsp3) is 0.846. The van der Waals surface area contributed by atoms with Crippen molar-refractivity contribution in [2.75, 3.05) is 13.1 Å². The molecular formula is C13H21F3N2O3. The van der Waals surface area contributed by atoms with Gasteiger partial charge in [0.1, 0.15) is 0 Å². The van der Waals surface area contributed by atoms with Gasteiger partial charge < -0.3 is 15.3 Å². The molecule has 0 saturated carbocycles. The number of aliphatic carboxylic acids is 1. The second kappa shape index (κ2) is 6.53. The van der Waals surface area contributed by atoms with Crippen LogP contribution < -0.4 is 5.32 Å². The minimum Gasteiger partial charge on any atom is -0.481 e. The van der Waals surface area contributed by atoms with Crippen LogP contribution in [-0.2, 0) is 4.79 Å². The molecule has 0 spiro atoms. The highest BCUT2D eigenvalue weighted by Gasteiger charge is 2.43. The summed E-state index contributed by atoms with van der Waals surface area (Å²) in [6.07, 6.45) is -3.84. The molecule has 2 amide bonds. The van der Waals surface area contributed by atoms with E-state index < -0.39 is 29.6 Å². The Morgan fingerprint density at radius 1 is 1.33 bits per heavy atom. The van der Waals surface area contributed by atoms with E-state index in [0.717, 1.165) is 4.90 Å². The number of likely N-dealkylation sites (tertiary alicyclic amines) is 1.